The van der Waals surface area contributed by atoms with Crippen LogP contribution >= 0.6 is 23.5 Å². The van der Waals surface area contributed by atoms with E-state index in [0.717, 1.165) is 0 Å². The molecule has 0 aliphatic heterocycles. The van der Waals surface area contributed by atoms with Crippen LogP contribution in [0.4, 0.5) is 0 Å². The summed E-state index contributed by atoms with van der Waals surface area (Å²) >= 11 is 3.75. The van der Waals surface area contributed by atoms with Crippen LogP contribution in [-0.2, 0) is 9.53 Å². The van der Waals surface area contributed by atoms with Crippen LogP contribution in [0.25, 0.3) is 0 Å². The van der Waals surface area contributed by atoms with Gasteiger partial charge in [0.2, 0.25) is 0 Å². The number of esters is 1. The van der Waals surface area contributed by atoms with E-state index in [1.54, 1.807) is 11.8 Å². The predicted molar refractivity (Wildman–Crippen MR) is 92.3 cm³/mol. The zero-order valence-corrected chi connectivity index (χ0v) is 14.7. The largest absolute Gasteiger partial charge is 0.468 e. The van der Waals surface area contributed by atoms with Gasteiger partial charge < -0.3 is 4.74 Å². The van der Waals surface area contributed by atoms with Gasteiger partial charge in [-0.05, 0) is 49.9 Å². The third kappa shape index (κ3) is 4.96. The van der Waals surface area contributed by atoms with Crippen molar-refractivity contribution in [3.63, 3.8) is 0 Å². The molecule has 2 nitrogen and oxygen atoms in total. The van der Waals surface area contributed by atoms with Gasteiger partial charge in [-0.1, -0.05) is 18.9 Å². The highest BCUT2D eigenvalue weighted by Gasteiger charge is 2.27. The van der Waals surface area contributed by atoms with Crippen molar-refractivity contribution >= 4 is 29.5 Å². The van der Waals surface area contributed by atoms with Crippen molar-refractivity contribution in [3.8, 4) is 0 Å². The lowest BCUT2D eigenvalue weighted by molar-refractivity contribution is -0.137. The average Bonchev–Trinajstić information content (AvgIpc) is 2.49. The molecular weight excluding hydrogens is 300 g/mol. The minimum absolute atomic E-state index is 0.111. The number of aryl methyl sites for hydroxylation is 2. The molecule has 1 fully saturated rings. The van der Waals surface area contributed by atoms with Crippen LogP contribution in [0, 0.1) is 13.8 Å². The monoisotopic (exact) mass is 324 g/mol. The Morgan fingerprint density at radius 3 is 2.57 bits per heavy atom. The summed E-state index contributed by atoms with van der Waals surface area (Å²) in [6.45, 7) is 4.32. The first-order valence-electron chi connectivity index (χ1n) is 7.52. The maximum Gasteiger partial charge on any atom is 0.315 e. The molecule has 0 amide bonds. The molecule has 1 saturated carbocycles. The van der Waals surface area contributed by atoms with Crippen molar-refractivity contribution in [3.05, 3.63) is 29.3 Å². The molecule has 0 heterocycles. The third-order valence-electron chi connectivity index (χ3n) is 4.05. The molecule has 1 aliphatic rings. The zero-order valence-electron chi connectivity index (χ0n) is 13.1. The molecule has 2 rings (SSSR count). The molecule has 0 spiro atoms. The molecule has 2 atom stereocenters. The maximum atomic E-state index is 11.4. The SMILES string of the molecule is COC(=O)CS[C@@H]1CCCC[C@H]1Sc1ccc(C)c(C)c1. The van der Waals surface area contributed by atoms with Gasteiger partial charge in [0, 0.05) is 15.4 Å². The first-order chi connectivity index (χ1) is 10.1. The molecule has 0 radical (unpaired) electrons. The molecule has 0 unspecified atom stereocenters. The first kappa shape index (κ1) is 16.8. The molecule has 116 valence electrons. The summed E-state index contributed by atoms with van der Waals surface area (Å²) in [4.78, 5) is 12.7. The number of benzene rings is 1. The number of thioether (sulfide) groups is 2. The summed E-state index contributed by atoms with van der Waals surface area (Å²) in [6.07, 6.45) is 5.04. The van der Waals surface area contributed by atoms with E-state index in [1.807, 2.05) is 11.8 Å². The zero-order chi connectivity index (χ0) is 15.2. The first-order valence-corrected chi connectivity index (χ1v) is 9.45. The van der Waals surface area contributed by atoms with Gasteiger partial charge in [0.05, 0.1) is 12.9 Å². The van der Waals surface area contributed by atoms with Crippen LogP contribution in [0.2, 0.25) is 0 Å². The van der Waals surface area contributed by atoms with E-state index in [1.165, 1.54) is 48.8 Å². The van der Waals surface area contributed by atoms with Gasteiger partial charge in [0.25, 0.3) is 0 Å². The summed E-state index contributed by atoms with van der Waals surface area (Å²) in [5.41, 5.74) is 2.70. The Hall–Kier alpha value is -0.610. The summed E-state index contributed by atoms with van der Waals surface area (Å²) in [5.74, 6) is 0.367. The third-order valence-corrected chi connectivity index (χ3v) is 7.01. The molecule has 21 heavy (non-hydrogen) atoms. The van der Waals surface area contributed by atoms with Gasteiger partial charge in [0.1, 0.15) is 0 Å². The number of hydrogen-bond acceptors (Lipinski definition) is 4. The Morgan fingerprint density at radius 2 is 1.90 bits per heavy atom. The number of hydrogen-bond donors (Lipinski definition) is 0. The van der Waals surface area contributed by atoms with Gasteiger partial charge in [0.15, 0.2) is 0 Å². The lowest BCUT2D eigenvalue weighted by Crippen LogP contribution is -2.25. The summed E-state index contributed by atoms with van der Waals surface area (Å²) < 4.78 is 4.76. The van der Waals surface area contributed by atoms with Gasteiger partial charge in [-0.15, -0.1) is 23.5 Å². The average molecular weight is 325 g/mol. The Kier molecular flexibility index (Phi) is 6.49. The van der Waals surface area contributed by atoms with E-state index in [-0.39, 0.29) is 5.97 Å². The fraction of sp³-hybridized carbons (Fsp3) is 0.588. The highest BCUT2D eigenvalue weighted by molar-refractivity contribution is 8.04. The van der Waals surface area contributed by atoms with E-state index in [2.05, 4.69) is 32.0 Å². The van der Waals surface area contributed by atoms with Crippen LogP contribution in [0.15, 0.2) is 23.1 Å². The van der Waals surface area contributed by atoms with E-state index in [0.29, 0.717) is 16.3 Å². The predicted octanol–water partition coefficient (Wildman–Crippen LogP) is 4.61. The molecule has 0 N–H and O–H groups in total. The van der Waals surface area contributed by atoms with Crippen LogP contribution in [-0.4, -0.2) is 29.3 Å². The summed E-state index contributed by atoms with van der Waals surface area (Å²) in [5, 5.41) is 1.17. The van der Waals surface area contributed by atoms with Crippen LogP contribution in [0.5, 0.6) is 0 Å². The second-order valence-electron chi connectivity index (χ2n) is 5.61. The van der Waals surface area contributed by atoms with Crippen LogP contribution in [0.1, 0.15) is 36.8 Å². The Bertz CT molecular complexity index is 488. The topological polar surface area (TPSA) is 26.3 Å². The highest BCUT2D eigenvalue weighted by Crippen LogP contribution is 2.39. The second-order valence-corrected chi connectivity index (χ2v) is 8.15. The number of carbonyl (C=O) groups is 1. The van der Waals surface area contributed by atoms with Crippen molar-refractivity contribution in [2.45, 2.75) is 54.9 Å². The second kappa shape index (κ2) is 8.14. The molecule has 1 aromatic carbocycles. The smallest absolute Gasteiger partial charge is 0.315 e. The molecule has 0 bridgehead atoms. The number of methoxy groups -OCH3 is 1. The molecule has 4 heteroatoms. The Labute approximate surface area is 136 Å². The standard InChI is InChI=1S/C17H24O2S2/c1-12-8-9-14(10-13(12)2)21-16-7-5-4-6-15(16)20-11-17(18)19-3/h8-10,15-16H,4-7,11H2,1-3H3/t15-,16-/m1/s1. The van der Waals surface area contributed by atoms with Crippen molar-refractivity contribution < 1.29 is 9.53 Å². The van der Waals surface area contributed by atoms with Gasteiger partial charge in [-0.25, -0.2) is 0 Å². The normalized spacial score (nSPS) is 22.0. The van der Waals surface area contributed by atoms with Gasteiger partial charge >= 0.3 is 5.97 Å². The van der Waals surface area contributed by atoms with Crippen molar-refractivity contribution in [2.24, 2.45) is 0 Å². The van der Waals surface area contributed by atoms with Gasteiger partial charge in [-0.2, -0.15) is 0 Å². The summed E-state index contributed by atoms with van der Waals surface area (Å²) in [7, 11) is 1.46. The highest BCUT2D eigenvalue weighted by atomic mass is 32.2. The number of rotatable bonds is 5. The number of carbonyl (C=O) groups excluding carboxylic acids is 1. The minimum atomic E-state index is -0.111. The minimum Gasteiger partial charge on any atom is -0.468 e. The van der Waals surface area contributed by atoms with E-state index in [4.69, 9.17) is 4.74 Å². The molecule has 1 aromatic rings. The molecule has 1 aliphatic carbocycles. The molecule has 0 aromatic heterocycles. The molecule has 0 saturated heterocycles. The van der Waals surface area contributed by atoms with Crippen LogP contribution < -0.4 is 0 Å². The van der Waals surface area contributed by atoms with Gasteiger partial charge in [-0.3, -0.25) is 4.79 Å². The summed E-state index contributed by atoms with van der Waals surface area (Å²) in [6, 6.07) is 6.72. The fourth-order valence-electron chi connectivity index (χ4n) is 2.58. The van der Waals surface area contributed by atoms with Crippen molar-refractivity contribution in [2.75, 3.05) is 12.9 Å². The lowest BCUT2D eigenvalue weighted by Gasteiger charge is -2.30. The number of ether oxygens (including phenoxy) is 1. The fourth-order valence-corrected chi connectivity index (χ4v) is 5.45. The molecular formula is C17H24O2S2. The van der Waals surface area contributed by atoms with E-state index in [9.17, 15) is 4.79 Å². The Morgan fingerprint density at radius 1 is 1.19 bits per heavy atom. The van der Waals surface area contributed by atoms with E-state index < -0.39 is 0 Å². The van der Waals surface area contributed by atoms with Crippen LogP contribution in [0.3, 0.4) is 0 Å². The Balaban J connectivity index is 1.97. The lowest BCUT2D eigenvalue weighted by atomic mass is 10.00. The van der Waals surface area contributed by atoms with E-state index >= 15 is 0 Å². The van der Waals surface area contributed by atoms with Crippen molar-refractivity contribution in [1.29, 1.82) is 0 Å². The quantitative estimate of drug-likeness (QED) is 0.739. The maximum absolute atomic E-state index is 11.4. The van der Waals surface area contributed by atoms with Crippen molar-refractivity contribution in [1.82, 2.24) is 0 Å².